The van der Waals surface area contributed by atoms with Crippen LogP contribution in [0.5, 0.6) is 0 Å². The maximum Gasteiger partial charge on any atom is 0.298 e. The fourth-order valence-electron chi connectivity index (χ4n) is 16.9. The number of aryl methyl sites for hydroxylation is 1. The smallest absolute Gasteiger partial charge is 0.298 e. The van der Waals surface area contributed by atoms with E-state index in [9.17, 15) is 19.2 Å². The number of anilines is 4. The Balaban J connectivity index is 0.498. The van der Waals surface area contributed by atoms with Gasteiger partial charge in [0.2, 0.25) is 5.91 Å². The van der Waals surface area contributed by atoms with Gasteiger partial charge in [0.15, 0.2) is 31.3 Å². The van der Waals surface area contributed by atoms with E-state index in [4.69, 9.17) is 29.1 Å². The number of nitrogens with zero attached hydrogens (tertiary/aromatic N) is 7. The van der Waals surface area contributed by atoms with Gasteiger partial charge in [0.25, 0.3) is 24.3 Å². The van der Waals surface area contributed by atoms with E-state index in [1.54, 1.807) is 11.9 Å². The summed E-state index contributed by atoms with van der Waals surface area (Å²) in [4.78, 5) is 65.3. The van der Waals surface area contributed by atoms with E-state index in [1.807, 2.05) is 55.0 Å². The highest BCUT2D eigenvalue weighted by Crippen LogP contribution is 2.54. The average molecular weight is 1560 g/mol. The Hall–Kier alpha value is -10.6. The van der Waals surface area contributed by atoms with Gasteiger partial charge in [-0.1, -0.05) is 225 Å². The molecule has 4 fully saturated rings. The molecule has 2 saturated carbocycles. The predicted octanol–water partition coefficient (Wildman–Crippen LogP) is 17.0. The summed E-state index contributed by atoms with van der Waals surface area (Å²) in [5.41, 5.74) is 20.4. The lowest BCUT2D eigenvalue weighted by molar-refractivity contribution is -0.694. The van der Waals surface area contributed by atoms with Gasteiger partial charge >= 0.3 is 0 Å². The molecular weight excluding hydrogens is 1480 g/mol. The van der Waals surface area contributed by atoms with Crippen LogP contribution in [0.3, 0.4) is 0 Å². The number of thiazole rings is 1. The predicted molar refractivity (Wildman–Crippen MR) is 466 cm³/mol. The molecule has 3 aromatic heterocycles. The molecule has 2 aliphatic carbocycles. The Morgan fingerprint density at radius 1 is 0.562 bits per heavy atom. The van der Waals surface area contributed by atoms with Crippen molar-refractivity contribution in [3.05, 3.63) is 335 Å². The highest BCUT2D eigenvalue weighted by atomic mass is 32.2. The first-order valence-electron chi connectivity index (χ1n) is 38.6. The quantitative estimate of drug-likeness (QED) is 0.0230. The molecule has 19 heteroatoms. The summed E-state index contributed by atoms with van der Waals surface area (Å²) in [5.74, 6) is -0.0152. The molecule has 17 rings (SSSR count). The lowest BCUT2D eigenvalue weighted by Gasteiger charge is -2.27. The molecule has 4 aliphatic heterocycles. The van der Waals surface area contributed by atoms with E-state index < -0.39 is 6.23 Å². The summed E-state index contributed by atoms with van der Waals surface area (Å²) in [6, 6.07) is 82.3. The zero-order valence-corrected chi connectivity index (χ0v) is 66.6. The fourth-order valence-corrected chi connectivity index (χ4v) is 20.8. The zero-order chi connectivity index (χ0) is 76.5. The van der Waals surface area contributed by atoms with Crippen LogP contribution in [-0.2, 0) is 38.7 Å². The van der Waals surface area contributed by atoms with Crippen molar-refractivity contribution in [3.63, 3.8) is 0 Å². The molecule has 11 aromatic rings. The van der Waals surface area contributed by atoms with Gasteiger partial charge in [0.05, 0.1) is 16.0 Å². The molecule has 5 unspecified atom stereocenters. The van der Waals surface area contributed by atoms with Gasteiger partial charge in [-0.3, -0.25) is 33.5 Å². The largest absolute Gasteiger partial charge is 0.417 e. The number of amides is 3. The van der Waals surface area contributed by atoms with Crippen molar-refractivity contribution in [3.8, 4) is 11.1 Å². The molecule has 1 N–H and O–H groups in total. The first-order chi connectivity index (χ1) is 54.7. The second kappa shape index (κ2) is 32.6. The van der Waals surface area contributed by atoms with E-state index in [0.29, 0.717) is 71.2 Å². The number of thioether (sulfide) groups is 2. The van der Waals surface area contributed by atoms with Crippen LogP contribution in [0.4, 0.5) is 22.7 Å². The Morgan fingerprint density at radius 2 is 1.03 bits per heavy atom. The van der Waals surface area contributed by atoms with E-state index in [-0.39, 0.29) is 36.7 Å². The van der Waals surface area contributed by atoms with Gasteiger partial charge in [0.1, 0.15) is 37.5 Å². The number of hydrogen-bond acceptors (Lipinski definition) is 12. The molecule has 556 valence electrons. The maximum atomic E-state index is 14.6. The van der Waals surface area contributed by atoms with Crippen molar-refractivity contribution < 1.29 is 28.2 Å². The second-order valence-corrected chi connectivity index (χ2v) is 34.0. The average Bonchev–Trinajstić information content (AvgIpc) is 1.59. The van der Waals surface area contributed by atoms with Gasteiger partial charge < -0.3 is 19.8 Å². The molecule has 8 aromatic carbocycles. The van der Waals surface area contributed by atoms with Crippen LogP contribution in [0, 0.1) is 0 Å². The number of nitrogens with one attached hydrogen (secondary N) is 1. The molecule has 13 nitrogen and oxygen atoms in total. The van der Waals surface area contributed by atoms with E-state index in [1.165, 1.54) is 101 Å². The van der Waals surface area contributed by atoms with Crippen LogP contribution in [-0.4, -0.2) is 79.5 Å². The molecule has 6 aliphatic rings. The highest BCUT2D eigenvalue weighted by molar-refractivity contribution is 8.30. The van der Waals surface area contributed by atoms with Gasteiger partial charge in [-0.05, 0) is 183 Å². The lowest BCUT2D eigenvalue weighted by Crippen LogP contribution is -2.43. The second-order valence-electron chi connectivity index (χ2n) is 29.6. The Kier molecular flexibility index (Phi) is 21.6. The minimum absolute atomic E-state index is 0.137. The molecular formula is C93H83BN8O5S5+2. The van der Waals surface area contributed by atoms with Crippen molar-refractivity contribution in [2.45, 2.75) is 108 Å². The summed E-state index contributed by atoms with van der Waals surface area (Å²) in [7, 11) is 1.63. The van der Waals surface area contributed by atoms with Crippen LogP contribution in [0.15, 0.2) is 265 Å². The van der Waals surface area contributed by atoms with E-state index in [0.717, 1.165) is 89.3 Å². The third-order valence-corrected chi connectivity index (χ3v) is 26.7. The summed E-state index contributed by atoms with van der Waals surface area (Å²) >= 11 is 15.1. The van der Waals surface area contributed by atoms with Crippen LogP contribution in [0.2, 0.25) is 13.1 Å². The molecule has 0 bridgehead atoms. The lowest BCUT2D eigenvalue weighted by atomic mass is 9.67. The van der Waals surface area contributed by atoms with Gasteiger partial charge in [0, 0.05) is 84.3 Å². The molecule has 7 heterocycles. The standard InChI is InChI=1S/C93H82BN8O5S5/c1-61(100-89(105)85(111-93(100)109)59-65-35-41-83-79(57-65)75-27-17-29-81(75)102(83)73-38-32-63(33-39-73)55-77(70-22-12-6-13-23-70)71-24-14-7-15-25-71)107-94(2)46-52-97-48-42-66(43-49-97)67-44-50-98(51-45-67)53-47-95-86(103)60-99-88(104)84(110-91(99)87-90(106)96(3)92(108)112-87)58-64-34-40-82-78(56-64)74-26-16-28-80(74)101(82)72-36-30-62(31-37-72)54-76(68-18-8-4-9-19-68)69-20-10-5-11-21-69/h4-15,18-25,30-45,48-51,54-59,61,74-75,80-81H,16-17,26-29,46-47,52-53,60H2,1-3H3/q+1/p+1/b84-58+,85-59+,91-87+. The van der Waals surface area contributed by atoms with Gasteiger partial charge in [-0.25, -0.2) is 9.13 Å². The Bertz CT molecular complexity index is 5660. The number of benzene rings is 8. The first-order valence-corrected chi connectivity index (χ1v) is 41.8. The van der Waals surface area contributed by atoms with Crippen molar-refractivity contribution >= 4 is 156 Å². The normalized spacial score (nSPS) is 18.8. The zero-order valence-electron chi connectivity index (χ0n) is 62.5. The fraction of sp³-hybridized carbons (Fsp3) is 0.204. The minimum atomic E-state index is -0.548. The van der Waals surface area contributed by atoms with Gasteiger partial charge in [-0.15, -0.1) is 11.3 Å². The molecule has 5 atom stereocenters. The summed E-state index contributed by atoms with van der Waals surface area (Å²) in [6.07, 6.45) is 23.5. The number of hydrogen-bond donors (Lipinski definition) is 1. The highest BCUT2D eigenvalue weighted by Gasteiger charge is 2.44. The van der Waals surface area contributed by atoms with Crippen LogP contribution >= 0.6 is 59.3 Å². The number of fused-ring (bicyclic) bond motifs is 6. The number of carbonyl (C=O) groups is 3. The SMILES string of the molecule is CB(CC[n+]1ccc(-c2cc[n+](CCNC(=O)Cn3c(=O)/c(=C\c4ccc5c(c4)C4CCCC4N5c4ccc(C=C(c5ccccc5)c5ccccc5)cc4)s/c3=C3/SC(=S)N(C)C3=O)cc2)cc1)OC(C)N1C(=O)/C(=C\c2ccc3c(c2)C2CCCC2N3c2ccc(C=C(c3ccccc3)c3ccccc3)cc2)SC1=S. The molecule has 2 saturated heterocycles. The van der Waals surface area contributed by atoms with Crippen molar-refractivity contribution in [1.29, 1.82) is 0 Å². The Labute approximate surface area is 676 Å². The van der Waals surface area contributed by atoms with Crippen LogP contribution < -0.4 is 39.0 Å². The van der Waals surface area contributed by atoms with E-state index in [2.05, 4.69) is 263 Å². The molecule has 3 amide bonds. The maximum absolute atomic E-state index is 14.6. The first kappa shape index (κ1) is 74.1. The summed E-state index contributed by atoms with van der Waals surface area (Å²) in [5, 5.41) is 3.03. The number of pyridine rings is 2. The monoisotopic (exact) mass is 1560 g/mol. The number of rotatable bonds is 22. The topological polar surface area (TPSA) is 115 Å². The van der Waals surface area contributed by atoms with Crippen LogP contribution in [0.1, 0.15) is 113 Å². The van der Waals surface area contributed by atoms with Crippen LogP contribution in [0.25, 0.3) is 51.5 Å². The molecule has 112 heavy (non-hydrogen) atoms. The number of aromatic nitrogens is 3. The van der Waals surface area contributed by atoms with E-state index >= 15 is 0 Å². The Morgan fingerprint density at radius 3 is 1.50 bits per heavy atom. The molecule has 0 spiro atoms. The minimum Gasteiger partial charge on any atom is -0.417 e. The summed E-state index contributed by atoms with van der Waals surface area (Å²) < 4.78 is 13.8. The summed E-state index contributed by atoms with van der Waals surface area (Å²) in [6.45, 7) is 5.03. The van der Waals surface area contributed by atoms with Crippen molar-refractivity contribution in [1.82, 2.24) is 19.7 Å². The van der Waals surface area contributed by atoms with Crippen molar-refractivity contribution in [2.75, 3.05) is 23.4 Å². The third-order valence-electron chi connectivity index (χ3n) is 22.5. The van der Waals surface area contributed by atoms with Gasteiger partial charge in [-0.2, -0.15) is 0 Å². The third kappa shape index (κ3) is 15.3. The number of thiocarbonyl (C=S) groups is 2. The number of carbonyl (C=O) groups excluding carboxylic acids is 3. The van der Waals surface area contributed by atoms with Crippen molar-refractivity contribution in [2.24, 2.45) is 0 Å². The molecule has 0 radical (unpaired) electrons.